The highest BCUT2D eigenvalue weighted by atomic mass is 35.5. The van der Waals surface area contributed by atoms with Crippen LogP contribution in [0.4, 0.5) is 0 Å². The first-order chi connectivity index (χ1) is 10.1. The Morgan fingerprint density at radius 1 is 1.29 bits per heavy atom. The molecule has 0 amide bonds. The number of carboxylic acids is 1. The monoisotopic (exact) mass is 300 g/mol. The van der Waals surface area contributed by atoms with Crippen molar-refractivity contribution >= 4 is 28.6 Å². The predicted molar refractivity (Wildman–Crippen MR) is 82.4 cm³/mol. The number of para-hydroxylation sites is 1. The molecule has 0 saturated carbocycles. The maximum atomic E-state index is 11.2. The van der Waals surface area contributed by atoms with Crippen molar-refractivity contribution < 1.29 is 9.90 Å². The Bertz CT molecular complexity index is 839. The molecule has 3 rings (SSSR count). The van der Waals surface area contributed by atoms with Crippen molar-refractivity contribution in [2.45, 2.75) is 13.3 Å². The first kappa shape index (κ1) is 13.6. The van der Waals surface area contributed by atoms with Gasteiger partial charge in [-0.1, -0.05) is 30.7 Å². The molecule has 106 valence electrons. The number of carbonyl (C=O) groups is 1. The maximum absolute atomic E-state index is 11.2. The molecule has 0 bridgehead atoms. The van der Waals surface area contributed by atoms with Crippen LogP contribution in [-0.4, -0.2) is 20.6 Å². The summed E-state index contributed by atoms with van der Waals surface area (Å²) in [5, 5.41) is 9.77. The highest BCUT2D eigenvalue weighted by Crippen LogP contribution is 2.27. The van der Waals surface area contributed by atoms with E-state index in [4.69, 9.17) is 16.7 Å². The molecule has 21 heavy (non-hydrogen) atoms. The Morgan fingerprint density at radius 2 is 2.05 bits per heavy atom. The number of aromatic nitrogens is 2. The van der Waals surface area contributed by atoms with Gasteiger partial charge in [0, 0.05) is 6.42 Å². The van der Waals surface area contributed by atoms with E-state index in [-0.39, 0.29) is 5.56 Å². The average molecular weight is 301 g/mol. The van der Waals surface area contributed by atoms with Gasteiger partial charge in [-0.2, -0.15) is 0 Å². The Balaban J connectivity index is 2.36. The normalized spacial score (nSPS) is 11.0. The number of fused-ring (bicyclic) bond motifs is 1. The summed E-state index contributed by atoms with van der Waals surface area (Å²) in [6, 6.07) is 12.4. The first-order valence-corrected chi connectivity index (χ1v) is 6.99. The number of benzene rings is 2. The summed E-state index contributed by atoms with van der Waals surface area (Å²) in [5.74, 6) is -0.109. The molecule has 0 radical (unpaired) electrons. The molecule has 3 aromatic rings. The third-order valence-corrected chi connectivity index (χ3v) is 3.70. The lowest BCUT2D eigenvalue weighted by Crippen LogP contribution is -2.02. The second-order valence-corrected chi connectivity index (χ2v) is 5.08. The third kappa shape index (κ3) is 2.28. The van der Waals surface area contributed by atoms with Crippen LogP contribution in [0, 0.1) is 0 Å². The fourth-order valence-corrected chi connectivity index (χ4v) is 2.62. The highest BCUT2D eigenvalue weighted by Gasteiger charge is 2.15. The van der Waals surface area contributed by atoms with Crippen LogP contribution in [-0.2, 0) is 6.42 Å². The number of nitrogens with zero attached hydrogens (tertiary/aromatic N) is 2. The topological polar surface area (TPSA) is 55.1 Å². The van der Waals surface area contributed by atoms with Crippen LogP contribution in [0.1, 0.15) is 23.1 Å². The molecule has 5 heteroatoms. The summed E-state index contributed by atoms with van der Waals surface area (Å²) >= 11 is 6.28. The molecule has 1 N–H and O–H groups in total. The molecule has 1 aromatic heterocycles. The lowest BCUT2D eigenvalue weighted by atomic mass is 10.2. The molecule has 0 fully saturated rings. The quantitative estimate of drug-likeness (QED) is 0.797. The third-order valence-electron chi connectivity index (χ3n) is 3.38. The number of aromatic carboxylic acids is 1. The van der Waals surface area contributed by atoms with Crippen molar-refractivity contribution in [3.8, 4) is 5.69 Å². The maximum Gasteiger partial charge on any atom is 0.335 e. The van der Waals surface area contributed by atoms with E-state index in [9.17, 15) is 4.79 Å². The van der Waals surface area contributed by atoms with E-state index in [1.807, 2.05) is 35.8 Å². The van der Waals surface area contributed by atoms with Crippen LogP contribution in [0.25, 0.3) is 16.7 Å². The molecular formula is C16H13ClN2O2. The second-order valence-electron chi connectivity index (χ2n) is 4.68. The van der Waals surface area contributed by atoms with Crippen molar-refractivity contribution in [2.75, 3.05) is 0 Å². The Morgan fingerprint density at radius 3 is 2.71 bits per heavy atom. The molecule has 1 heterocycles. The van der Waals surface area contributed by atoms with Gasteiger partial charge >= 0.3 is 5.97 Å². The SMILES string of the molecule is CCc1nc2ccc(C(=O)O)cc2n1-c1ccccc1Cl. The van der Waals surface area contributed by atoms with Gasteiger partial charge in [0.05, 0.1) is 27.3 Å². The van der Waals surface area contributed by atoms with Gasteiger partial charge in [-0.25, -0.2) is 9.78 Å². The van der Waals surface area contributed by atoms with Gasteiger partial charge in [-0.05, 0) is 30.3 Å². The second kappa shape index (κ2) is 5.22. The average Bonchev–Trinajstić information content (AvgIpc) is 2.85. The van der Waals surface area contributed by atoms with Crippen molar-refractivity contribution in [3.05, 3.63) is 58.9 Å². The lowest BCUT2D eigenvalue weighted by molar-refractivity contribution is 0.0697. The highest BCUT2D eigenvalue weighted by molar-refractivity contribution is 6.32. The van der Waals surface area contributed by atoms with Gasteiger partial charge in [0.2, 0.25) is 0 Å². The Hall–Kier alpha value is -2.33. The minimum absolute atomic E-state index is 0.235. The molecule has 0 unspecified atom stereocenters. The summed E-state index contributed by atoms with van der Waals surface area (Å²) in [7, 11) is 0. The van der Waals surface area contributed by atoms with E-state index >= 15 is 0 Å². The zero-order chi connectivity index (χ0) is 15.0. The summed E-state index contributed by atoms with van der Waals surface area (Å²) in [6.07, 6.45) is 0.725. The van der Waals surface area contributed by atoms with Crippen LogP contribution >= 0.6 is 11.6 Å². The van der Waals surface area contributed by atoms with Gasteiger partial charge in [0.15, 0.2) is 0 Å². The molecule has 0 spiro atoms. The van der Waals surface area contributed by atoms with Crippen molar-refractivity contribution in [2.24, 2.45) is 0 Å². The molecule has 0 aliphatic heterocycles. The molecule has 0 aliphatic carbocycles. The van der Waals surface area contributed by atoms with E-state index in [1.165, 1.54) is 0 Å². The smallest absolute Gasteiger partial charge is 0.335 e. The minimum Gasteiger partial charge on any atom is -0.478 e. The number of carboxylic acid groups (broad SMARTS) is 1. The van der Waals surface area contributed by atoms with Gasteiger partial charge in [0.25, 0.3) is 0 Å². The largest absolute Gasteiger partial charge is 0.478 e. The van der Waals surface area contributed by atoms with Crippen LogP contribution in [0.15, 0.2) is 42.5 Å². The Kier molecular flexibility index (Phi) is 3.39. The number of halogens is 1. The fourth-order valence-electron chi connectivity index (χ4n) is 2.40. The van der Waals surface area contributed by atoms with Gasteiger partial charge in [-0.15, -0.1) is 0 Å². The molecule has 0 aliphatic rings. The summed E-state index contributed by atoms with van der Waals surface area (Å²) < 4.78 is 1.92. The first-order valence-electron chi connectivity index (χ1n) is 6.61. The van der Waals surface area contributed by atoms with E-state index in [2.05, 4.69) is 4.98 Å². The van der Waals surface area contributed by atoms with Crippen LogP contribution in [0.2, 0.25) is 5.02 Å². The van der Waals surface area contributed by atoms with Crippen LogP contribution in [0.5, 0.6) is 0 Å². The van der Waals surface area contributed by atoms with Crippen LogP contribution < -0.4 is 0 Å². The summed E-state index contributed by atoms with van der Waals surface area (Å²) in [4.78, 5) is 15.7. The summed E-state index contributed by atoms with van der Waals surface area (Å²) in [5.41, 5.74) is 2.55. The van der Waals surface area contributed by atoms with Crippen molar-refractivity contribution in [3.63, 3.8) is 0 Å². The zero-order valence-electron chi connectivity index (χ0n) is 11.4. The van der Waals surface area contributed by atoms with E-state index in [1.54, 1.807) is 18.2 Å². The van der Waals surface area contributed by atoms with Crippen LogP contribution in [0.3, 0.4) is 0 Å². The predicted octanol–water partition coefficient (Wildman–Crippen LogP) is 3.94. The number of aryl methyl sites for hydroxylation is 1. The van der Waals surface area contributed by atoms with Gasteiger partial charge in [0.1, 0.15) is 5.82 Å². The van der Waals surface area contributed by atoms with Gasteiger partial charge < -0.3 is 5.11 Å². The van der Waals surface area contributed by atoms with E-state index < -0.39 is 5.97 Å². The fraction of sp³-hybridized carbons (Fsp3) is 0.125. The number of hydrogen-bond acceptors (Lipinski definition) is 2. The minimum atomic E-state index is -0.957. The zero-order valence-corrected chi connectivity index (χ0v) is 12.1. The van der Waals surface area contributed by atoms with Crippen molar-refractivity contribution in [1.82, 2.24) is 9.55 Å². The number of imidazole rings is 1. The summed E-state index contributed by atoms with van der Waals surface area (Å²) in [6.45, 7) is 2.01. The van der Waals surface area contributed by atoms with Crippen molar-refractivity contribution in [1.29, 1.82) is 0 Å². The standard InChI is InChI=1S/C16H13ClN2O2/c1-2-15-18-12-8-7-10(16(20)21)9-14(12)19(15)13-6-4-3-5-11(13)17/h3-9H,2H2,1H3,(H,20,21). The van der Waals surface area contributed by atoms with E-state index in [0.717, 1.165) is 29.0 Å². The number of hydrogen-bond donors (Lipinski definition) is 1. The van der Waals surface area contributed by atoms with Gasteiger partial charge in [-0.3, -0.25) is 4.57 Å². The molecule has 4 nitrogen and oxygen atoms in total. The van der Waals surface area contributed by atoms with E-state index in [0.29, 0.717) is 5.02 Å². The number of rotatable bonds is 3. The lowest BCUT2D eigenvalue weighted by Gasteiger charge is -2.10. The molecular weight excluding hydrogens is 288 g/mol. The molecule has 2 aromatic carbocycles. The molecule has 0 saturated heterocycles. The Labute approximate surface area is 126 Å². The molecule has 0 atom stereocenters.